The van der Waals surface area contributed by atoms with Crippen LogP contribution in [0, 0.1) is 0 Å². The molecule has 0 spiro atoms. The van der Waals surface area contributed by atoms with Crippen LogP contribution in [-0.2, 0) is 0 Å². The molecule has 0 fully saturated rings. The Balaban J connectivity index is 2.48. The summed E-state index contributed by atoms with van der Waals surface area (Å²) in [4.78, 5) is 3.13. The molecule has 2 aromatic rings. The maximum Gasteiger partial charge on any atom is 0.260 e. The van der Waals surface area contributed by atoms with E-state index in [-0.39, 0.29) is 0 Å². The fourth-order valence-electron chi connectivity index (χ4n) is 1.34. The minimum absolute atomic E-state index is 0.321. The Morgan fingerprint density at radius 1 is 1.47 bits per heavy atom. The van der Waals surface area contributed by atoms with Crippen molar-refractivity contribution in [3.05, 3.63) is 5.82 Å². The highest BCUT2D eigenvalue weighted by molar-refractivity contribution is 5.70. The Hall–Kier alpha value is -1.72. The van der Waals surface area contributed by atoms with Crippen LogP contribution in [-0.4, -0.2) is 26.4 Å². The van der Waals surface area contributed by atoms with Crippen LogP contribution >= 0.6 is 0 Å². The maximum absolute atomic E-state index is 5.86. The molecule has 0 atom stereocenters. The van der Waals surface area contributed by atoms with Crippen LogP contribution < -0.4 is 10.5 Å². The molecular formula is C9H15N5O. The van der Waals surface area contributed by atoms with Gasteiger partial charge in [0, 0.05) is 5.92 Å². The summed E-state index contributed by atoms with van der Waals surface area (Å²) in [7, 11) is 0. The Morgan fingerprint density at radius 3 is 2.73 bits per heavy atom. The van der Waals surface area contributed by atoms with Gasteiger partial charge >= 0.3 is 0 Å². The predicted octanol–water partition coefficient (Wildman–Crippen LogP) is 1.16. The SMILES string of the molecule is CCOc1nn2nc(C(C)C)[nH]c2c1N. The first-order chi connectivity index (χ1) is 7.13. The van der Waals surface area contributed by atoms with E-state index in [9.17, 15) is 0 Å². The summed E-state index contributed by atoms with van der Waals surface area (Å²) < 4.78 is 6.75. The summed E-state index contributed by atoms with van der Waals surface area (Å²) >= 11 is 0. The molecule has 2 heterocycles. The summed E-state index contributed by atoms with van der Waals surface area (Å²) in [6, 6.07) is 0. The summed E-state index contributed by atoms with van der Waals surface area (Å²) in [5.41, 5.74) is 7.07. The number of H-pyrrole nitrogens is 1. The van der Waals surface area contributed by atoms with Crippen LogP contribution in [0.4, 0.5) is 5.69 Å². The van der Waals surface area contributed by atoms with E-state index in [1.54, 1.807) is 0 Å². The minimum Gasteiger partial charge on any atom is -0.475 e. The van der Waals surface area contributed by atoms with Crippen molar-refractivity contribution < 1.29 is 4.74 Å². The van der Waals surface area contributed by atoms with Crippen molar-refractivity contribution in [3.8, 4) is 5.88 Å². The molecule has 0 aliphatic carbocycles. The van der Waals surface area contributed by atoms with E-state index in [1.807, 2.05) is 6.92 Å². The molecule has 2 aromatic heterocycles. The van der Waals surface area contributed by atoms with E-state index in [1.165, 1.54) is 4.63 Å². The average molecular weight is 209 g/mol. The number of nitrogens with one attached hydrogen (secondary N) is 1. The highest BCUT2D eigenvalue weighted by Crippen LogP contribution is 2.24. The molecule has 2 rings (SSSR count). The highest BCUT2D eigenvalue weighted by atomic mass is 16.5. The number of aromatic amines is 1. The van der Waals surface area contributed by atoms with Crippen LogP contribution in [0.2, 0.25) is 0 Å². The number of nitrogens with two attached hydrogens (primary N) is 1. The van der Waals surface area contributed by atoms with Gasteiger partial charge in [-0.3, -0.25) is 0 Å². The number of anilines is 1. The van der Waals surface area contributed by atoms with Gasteiger partial charge in [-0.2, -0.15) is 0 Å². The van der Waals surface area contributed by atoms with Crippen molar-refractivity contribution in [2.24, 2.45) is 0 Å². The lowest BCUT2D eigenvalue weighted by Gasteiger charge is -1.98. The van der Waals surface area contributed by atoms with Gasteiger partial charge in [-0.1, -0.05) is 13.8 Å². The van der Waals surface area contributed by atoms with Gasteiger partial charge in [0.15, 0.2) is 5.65 Å². The van der Waals surface area contributed by atoms with Crippen LogP contribution in [0.15, 0.2) is 0 Å². The van der Waals surface area contributed by atoms with Gasteiger partial charge < -0.3 is 15.5 Å². The van der Waals surface area contributed by atoms with E-state index in [4.69, 9.17) is 10.5 Å². The van der Waals surface area contributed by atoms with Crippen molar-refractivity contribution in [2.45, 2.75) is 26.7 Å². The molecule has 6 nitrogen and oxygen atoms in total. The van der Waals surface area contributed by atoms with Gasteiger partial charge in [-0.05, 0) is 6.92 Å². The van der Waals surface area contributed by atoms with Gasteiger partial charge in [-0.25, -0.2) is 0 Å². The van der Waals surface area contributed by atoms with Crippen LogP contribution in [0.25, 0.3) is 5.65 Å². The standard InChI is InChI=1S/C9H15N5O/c1-4-15-9-6(10)8-11-7(5(2)3)12-14(8)13-9/h5H,4,10H2,1-3H3,(H,11,12). The average Bonchev–Trinajstić information content (AvgIpc) is 2.69. The van der Waals surface area contributed by atoms with Gasteiger partial charge in [0.25, 0.3) is 5.88 Å². The Kier molecular flexibility index (Phi) is 2.26. The monoisotopic (exact) mass is 209 g/mol. The number of nitrogens with zero attached hydrogens (tertiary/aromatic N) is 3. The Labute approximate surface area is 87.4 Å². The smallest absolute Gasteiger partial charge is 0.260 e. The van der Waals surface area contributed by atoms with Crippen LogP contribution in [0.5, 0.6) is 5.88 Å². The molecule has 0 amide bonds. The van der Waals surface area contributed by atoms with Gasteiger partial charge in [0.05, 0.1) is 6.61 Å². The topological polar surface area (TPSA) is 81.2 Å². The maximum atomic E-state index is 5.86. The summed E-state index contributed by atoms with van der Waals surface area (Å²) in [6.07, 6.45) is 0. The molecule has 0 saturated heterocycles. The first-order valence-corrected chi connectivity index (χ1v) is 5.00. The molecule has 0 saturated carbocycles. The number of aromatic nitrogens is 4. The number of fused-ring (bicyclic) bond motifs is 1. The molecule has 3 N–H and O–H groups in total. The van der Waals surface area contributed by atoms with E-state index in [2.05, 4.69) is 29.0 Å². The van der Waals surface area contributed by atoms with Gasteiger partial charge in [-0.15, -0.1) is 14.8 Å². The third-order valence-corrected chi connectivity index (χ3v) is 2.15. The third-order valence-electron chi connectivity index (χ3n) is 2.15. The molecule has 15 heavy (non-hydrogen) atoms. The summed E-state index contributed by atoms with van der Waals surface area (Å²) in [5, 5.41) is 8.40. The van der Waals surface area contributed by atoms with E-state index in [0.717, 1.165) is 5.82 Å². The molecule has 0 unspecified atom stereocenters. The first-order valence-electron chi connectivity index (χ1n) is 5.00. The second kappa shape index (κ2) is 3.45. The second-order valence-corrected chi connectivity index (χ2v) is 3.65. The number of ether oxygens (including phenoxy) is 1. The quantitative estimate of drug-likeness (QED) is 0.794. The van der Waals surface area contributed by atoms with E-state index < -0.39 is 0 Å². The zero-order valence-corrected chi connectivity index (χ0v) is 9.11. The van der Waals surface area contributed by atoms with Crippen molar-refractivity contribution in [1.29, 1.82) is 0 Å². The minimum atomic E-state index is 0.321. The molecule has 0 bridgehead atoms. The lowest BCUT2D eigenvalue weighted by molar-refractivity contribution is 0.325. The number of rotatable bonds is 3. The molecule has 0 radical (unpaired) electrons. The normalized spacial score (nSPS) is 11.5. The van der Waals surface area contributed by atoms with Crippen molar-refractivity contribution in [3.63, 3.8) is 0 Å². The fourth-order valence-corrected chi connectivity index (χ4v) is 1.34. The number of hydrogen-bond donors (Lipinski definition) is 2. The zero-order valence-electron chi connectivity index (χ0n) is 9.11. The largest absolute Gasteiger partial charge is 0.475 e. The molecule has 0 aromatic carbocycles. The third kappa shape index (κ3) is 1.51. The highest BCUT2D eigenvalue weighted by Gasteiger charge is 2.15. The molecule has 0 aliphatic rings. The fraction of sp³-hybridized carbons (Fsp3) is 0.556. The summed E-state index contributed by atoms with van der Waals surface area (Å²) in [6.45, 7) is 6.54. The van der Waals surface area contributed by atoms with Crippen molar-refractivity contribution >= 4 is 11.3 Å². The number of hydrogen-bond acceptors (Lipinski definition) is 4. The number of nitrogen functional groups attached to an aromatic ring is 1. The van der Waals surface area contributed by atoms with Crippen LogP contribution in [0.1, 0.15) is 32.5 Å². The lowest BCUT2D eigenvalue weighted by atomic mass is 10.2. The van der Waals surface area contributed by atoms with E-state index in [0.29, 0.717) is 29.7 Å². The molecular weight excluding hydrogens is 194 g/mol. The second-order valence-electron chi connectivity index (χ2n) is 3.65. The molecule has 82 valence electrons. The first kappa shape index (κ1) is 9.82. The molecule has 6 heteroatoms. The Bertz CT molecular complexity index is 470. The van der Waals surface area contributed by atoms with Crippen molar-refractivity contribution in [1.82, 2.24) is 19.8 Å². The Morgan fingerprint density at radius 2 is 2.20 bits per heavy atom. The van der Waals surface area contributed by atoms with Crippen molar-refractivity contribution in [2.75, 3.05) is 12.3 Å². The van der Waals surface area contributed by atoms with Gasteiger partial charge in [0.1, 0.15) is 11.5 Å². The predicted molar refractivity (Wildman–Crippen MR) is 57.0 cm³/mol. The molecule has 0 aliphatic heterocycles. The van der Waals surface area contributed by atoms with E-state index >= 15 is 0 Å². The van der Waals surface area contributed by atoms with Gasteiger partial charge in [0.2, 0.25) is 0 Å². The lowest BCUT2D eigenvalue weighted by Crippen LogP contribution is -1.97. The zero-order chi connectivity index (χ0) is 11.0. The van der Waals surface area contributed by atoms with Crippen LogP contribution in [0.3, 0.4) is 0 Å². The summed E-state index contributed by atoms with van der Waals surface area (Å²) in [5.74, 6) is 1.63.